The summed E-state index contributed by atoms with van der Waals surface area (Å²) in [7, 11) is 0. The van der Waals surface area contributed by atoms with Crippen LogP contribution in [0.15, 0.2) is 33.8 Å². The van der Waals surface area contributed by atoms with Gasteiger partial charge in [0.2, 0.25) is 0 Å². The van der Waals surface area contributed by atoms with Gasteiger partial charge in [0, 0.05) is 16.2 Å². The minimum absolute atomic E-state index is 0.127. The molecule has 3 rings (SSSR count). The molecule has 0 fully saturated rings. The maximum atomic E-state index is 13.9. The topological polar surface area (TPSA) is 79.5 Å². The number of aliphatic carboxylic acids is 1. The lowest BCUT2D eigenvalue weighted by atomic mass is 10.0. The highest BCUT2D eigenvalue weighted by atomic mass is 32.2. The molecule has 1 aromatic heterocycles. The van der Waals surface area contributed by atoms with Crippen LogP contribution in [0.3, 0.4) is 0 Å². The van der Waals surface area contributed by atoms with Crippen LogP contribution in [0.25, 0.3) is 0 Å². The van der Waals surface area contributed by atoms with Crippen LogP contribution in [0.2, 0.25) is 0 Å². The summed E-state index contributed by atoms with van der Waals surface area (Å²) in [6.07, 6.45) is 1.69. The molecular weight excluding hydrogens is 333 g/mol. The summed E-state index contributed by atoms with van der Waals surface area (Å²) in [5, 5.41) is 11.8. The minimum Gasteiger partial charge on any atom is -0.481 e. The minimum atomic E-state index is -1.07. The lowest BCUT2D eigenvalue weighted by molar-refractivity contribution is -0.136. The number of halogens is 1. The molecule has 126 valence electrons. The van der Waals surface area contributed by atoms with Gasteiger partial charge >= 0.3 is 5.97 Å². The first-order chi connectivity index (χ1) is 11.5. The van der Waals surface area contributed by atoms with E-state index in [9.17, 15) is 14.0 Å². The predicted molar refractivity (Wildman–Crippen MR) is 86.7 cm³/mol. The molecule has 1 atom stereocenters. The average Bonchev–Trinajstić information content (AvgIpc) is 2.88. The second kappa shape index (κ2) is 6.68. The quantitative estimate of drug-likeness (QED) is 0.885. The summed E-state index contributed by atoms with van der Waals surface area (Å²) >= 11 is 1.44. The van der Waals surface area contributed by atoms with Gasteiger partial charge in [0.1, 0.15) is 18.0 Å². The number of carbonyl (C=O) groups is 2. The molecular formula is C17H16FNO4S. The van der Waals surface area contributed by atoms with Gasteiger partial charge in [-0.25, -0.2) is 4.39 Å². The number of carboxylic acid groups (broad SMARTS) is 1. The van der Waals surface area contributed by atoms with E-state index in [0.29, 0.717) is 22.6 Å². The molecule has 0 aliphatic carbocycles. The Balaban J connectivity index is 1.86. The van der Waals surface area contributed by atoms with Crippen LogP contribution in [0.1, 0.15) is 39.7 Å². The van der Waals surface area contributed by atoms with Crippen molar-refractivity contribution >= 4 is 23.6 Å². The van der Waals surface area contributed by atoms with Gasteiger partial charge in [-0.1, -0.05) is 12.1 Å². The van der Waals surface area contributed by atoms with Gasteiger partial charge < -0.3 is 14.8 Å². The van der Waals surface area contributed by atoms with E-state index in [4.69, 9.17) is 9.52 Å². The van der Waals surface area contributed by atoms with Gasteiger partial charge in [0.25, 0.3) is 5.91 Å². The van der Waals surface area contributed by atoms with E-state index in [-0.39, 0.29) is 29.6 Å². The fraction of sp³-hybridized carbons (Fsp3) is 0.294. The van der Waals surface area contributed by atoms with E-state index in [0.717, 1.165) is 5.56 Å². The van der Waals surface area contributed by atoms with E-state index in [2.05, 4.69) is 5.32 Å². The lowest BCUT2D eigenvalue weighted by Gasteiger charge is -2.26. The molecule has 1 amide bonds. The molecule has 2 heterocycles. The molecule has 24 heavy (non-hydrogen) atoms. The number of furan rings is 1. The second-order valence-corrected chi connectivity index (χ2v) is 6.71. The molecule has 0 radical (unpaired) electrons. The van der Waals surface area contributed by atoms with Gasteiger partial charge in [-0.15, -0.1) is 11.8 Å². The van der Waals surface area contributed by atoms with Crippen molar-refractivity contribution < 1.29 is 23.5 Å². The Morgan fingerprint density at radius 1 is 1.46 bits per heavy atom. The molecule has 0 saturated heterocycles. The van der Waals surface area contributed by atoms with E-state index < -0.39 is 11.9 Å². The summed E-state index contributed by atoms with van der Waals surface area (Å²) in [4.78, 5) is 24.1. The zero-order valence-electron chi connectivity index (χ0n) is 13.0. The number of carbonyl (C=O) groups excluding carboxylic acids is 1. The van der Waals surface area contributed by atoms with Crippen LogP contribution in [0, 0.1) is 12.7 Å². The van der Waals surface area contributed by atoms with E-state index >= 15 is 0 Å². The lowest BCUT2D eigenvalue weighted by Crippen LogP contribution is -2.31. The van der Waals surface area contributed by atoms with Crippen molar-refractivity contribution in [2.75, 3.05) is 5.75 Å². The van der Waals surface area contributed by atoms with Crippen LogP contribution >= 0.6 is 11.8 Å². The van der Waals surface area contributed by atoms with E-state index in [1.807, 2.05) is 0 Å². The number of fused-ring (bicyclic) bond motifs is 1. The zero-order valence-corrected chi connectivity index (χ0v) is 13.8. The molecule has 0 saturated carbocycles. The molecule has 7 heteroatoms. The third-order valence-electron chi connectivity index (χ3n) is 3.92. The third kappa shape index (κ3) is 3.17. The van der Waals surface area contributed by atoms with Crippen molar-refractivity contribution in [3.8, 4) is 0 Å². The Morgan fingerprint density at radius 3 is 3.00 bits per heavy atom. The largest absolute Gasteiger partial charge is 0.481 e. The first-order valence-electron chi connectivity index (χ1n) is 7.48. The van der Waals surface area contributed by atoms with Crippen LogP contribution in [0.5, 0.6) is 0 Å². The number of hydrogen-bond acceptors (Lipinski definition) is 4. The summed E-state index contributed by atoms with van der Waals surface area (Å²) in [5.41, 5.74) is 1.57. The molecule has 0 bridgehead atoms. The number of amides is 1. The van der Waals surface area contributed by atoms with E-state index in [1.54, 1.807) is 19.1 Å². The Hall–Kier alpha value is -2.28. The first-order valence-corrected chi connectivity index (χ1v) is 8.46. The van der Waals surface area contributed by atoms with E-state index in [1.165, 1.54) is 24.1 Å². The number of thioether (sulfide) groups is 1. The maximum Gasteiger partial charge on any atom is 0.311 e. The van der Waals surface area contributed by atoms with Gasteiger partial charge in [0.05, 0.1) is 17.9 Å². The van der Waals surface area contributed by atoms with Crippen molar-refractivity contribution in [2.45, 2.75) is 30.7 Å². The fourth-order valence-corrected chi connectivity index (χ4v) is 3.98. The Kier molecular flexibility index (Phi) is 4.62. The number of aryl methyl sites for hydroxylation is 1. The SMILES string of the molecule is Cc1coc(CC(=O)O)c1C(=O)NC1CCSc2c(F)cccc21. The highest BCUT2D eigenvalue weighted by molar-refractivity contribution is 7.99. The van der Waals surface area contributed by atoms with Gasteiger partial charge in [-0.05, 0) is 25.0 Å². The smallest absolute Gasteiger partial charge is 0.311 e. The number of nitrogens with one attached hydrogen (secondary N) is 1. The van der Waals surface area contributed by atoms with Gasteiger partial charge in [-0.2, -0.15) is 0 Å². The van der Waals surface area contributed by atoms with Crippen molar-refractivity contribution in [2.24, 2.45) is 0 Å². The molecule has 2 aromatic rings. The van der Waals surface area contributed by atoms with Crippen LogP contribution in [-0.2, 0) is 11.2 Å². The van der Waals surface area contributed by atoms with Crippen LogP contribution in [-0.4, -0.2) is 22.7 Å². The molecule has 1 unspecified atom stereocenters. The van der Waals surface area contributed by atoms with Crippen molar-refractivity contribution in [1.82, 2.24) is 5.32 Å². The normalized spacial score (nSPS) is 16.5. The van der Waals surface area contributed by atoms with Gasteiger partial charge in [0.15, 0.2) is 0 Å². The molecule has 1 aromatic carbocycles. The highest BCUT2D eigenvalue weighted by Gasteiger charge is 2.27. The fourth-order valence-electron chi connectivity index (χ4n) is 2.84. The number of benzene rings is 1. The highest BCUT2D eigenvalue weighted by Crippen LogP contribution is 2.38. The zero-order chi connectivity index (χ0) is 17.3. The Morgan fingerprint density at radius 2 is 2.25 bits per heavy atom. The Bertz CT molecular complexity index is 802. The summed E-state index contributed by atoms with van der Waals surface area (Å²) in [5.74, 6) is -0.931. The van der Waals surface area contributed by atoms with Crippen LogP contribution in [0.4, 0.5) is 4.39 Å². The van der Waals surface area contributed by atoms with Gasteiger partial charge in [-0.3, -0.25) is 9.59 Å². The van der Waals surface area contributed by atoms with Crippen molar-refractivity contribution in [3.05, 3.63) is 52.7 Å². The molecule has 5 nitrogen and oxygen atoms in total. The molecule has 1 aliphatic rings. The average molecular weight is 349 g/mol. The molecule has 0 spiro atoms. The molecule has 2 N–H and O–H groups in total. The van der Waals surface area contributed by atoms with Crippen molar-refractivity contribution in [1.29, 1.82) is 0 Å². The summed E-state index contributed by atoms with van der Waals surface area (Å²) in [6, 6.07) is 4.52. The first kappa shape index (κ1) is 16.6. The second-order valence-electron chi connectivity index (χ2n) is 5.61. The number of hydrogen-bond donors (Lipinski definition) is 2. The standard InChI is InChI=1S/C17H16FNO4S/c1-9-8-23-13(7-14(20)21)15(9)17(22)19-12-5-6-24-16-10(12)3-2-4-11(16)18/h2-4,8,12H,5-7H2,1H3,(H,19,22)(H,20,21). The maximum absolute atomic E-state index is 13.9. The van der Waals surface area contributed by atoms with Crippen molar-refractivity contribution in [3.63, 3.8) is 0 Å². The summed E-state index contributed by atoms with van der Waals surface area (Å²) in [6.45, 7) is 1.69. The predicted octanol–water partition coefficient (Wildman–Crippen LogP) is 3.32. The Labute approximate surface area is 142 Å². The molecule has 1 aliphatic heterocycles. The number of carboxylic acids is 1. The summed E-state index contributed by atoms with van der Waals surface area (Å²) < 4.78 is 19.1. The third-order valence-corrected chi connectivity index (χ3v) is 5.08. The van der Waals surface area contributed by atoms with Crippen LogP contribution < -0.4 is 5.32 Å². The monoisotopic (exact) mass is 349 g/mol. The number of rotatable bonds is 4.